The van der Waals surface area contributed by atoms with Crippen LogP contribution in [-0.4, -0.2) is 67.6 Å². The molecule has 2 unspecified atom stereocenters. The van der Waals surface area contributed by atoms with Crippen molar-refractivity contribution in [2.24, 2.45) is 4.99 Å². The highest BCUT2D eigenvalue weighted by atomic mass is 127. The molecule has 27 heavy (non-hydrogen) atoms. The molecule has 1 aromatic rings. The van der Waals surface area contributed by atoms with Crippen molar-refractivity contribution < 1.29 is 0 Å². The van der Waals surface area contributed by atoms with E-state index in [4.69, 9.17) is 0 Å². The fourth-order valence-corrected chi connectivity index (χ4v) is 4.14. The Balaban J connectivity index is 0.00000261. The summed E-state index contributed by atoms with van der Waals surface area (Å²) in [6.07, 6.45) is 5.26. The minimum atomic E-state index is 0. The Kier molecular flexibility index (Phi) is 9.86. The zero-order valence-corrected chi connectivity index (χ0v) is 19.2. The van der Waals surface area contributed by atoms with Gasteiger partial charge in [0.05, 0.1) is 0 Å². The molecule has 0 saturated carbocycles. The molecule has 2 N–H and O–H groups in total. The van der Waals surface area contributed by atoms with E-state index in [-0.39, 0.29) is 24.0 Å². The van der Waals surface area contributed by atoms with Gasteiger partial charge in [0.25, 0.3) is 0 Å². The first-order valence-corrected chi connectivity index (χ1v) is 10.2. The van der Waals surface area contributed by atoms with Crippen LogP contribution >= 0.6 is 24.0 Å². The predicted octanol–water partition coefficient (Wildman–Crippen LogP) is 2.92. The minimum absolute atomic E-state index is 0. The Morgan fingerprint density at radius 3 is 2.59 bits per heavy atom. The number of benzene rings is 1. The van der Waals surface area contributed by atoms with Crippen LogP contribution in [0.4, 0.5) is 0 Å². The number of guanidine groups is 1. The number of nitrogens with one attached hydrogen (secondary N) is 2. The maximum absolute atomic E-state index is 4.43. The maximum Gasteiger partial charge on any atom is 0.191 e. The van der Waals surface area contributed by atoms with Gasteiger partial charge in [0.1, 0.15) is 0 Å². The normalized spacial score (nSPS) is 24.4. The van der Waals surface area contributed by atoms with Crippen molar-refractivity contribution in [1.82, 2.24) is 20.4 Å². The minimum Gasteiger partial charge on any atom is -0.355 e. The zero-order valence-electron chi connectivity index (χ0n) is 16.9. The highest BCUT2D eigenvalue weighted by Gasteiger charge is 2.29. The lowest BCUT2D eigenvalue weighted by Crippen LogP contribution is -2.47. The van der Waals surface area contributed by atoms with E-state index >= 15 is 0 Å². The lowest BCUT2D eigenvalue weighted by Gasteiger charge is -2.27. The molecule has 0 amide bonds. The van der Waals surface area contributed by atoms with E-state index in [9.17, 15) is 0 Å². The first-order valence-electron chi connectivity index (χ1n) is 10.2. The number of rotatable bonds is 6. The Morgan fingerprint density at radius 2 is 1.89 bits per heavy atom. The van der Waals surface area contributed by atoms with Crippen LogP contribution in [-0.2, 0) is 6.54 Å². The van der Waals surface area contributed by atoms with Crippen LogP contribution in [0.5, 0.6) is 0 Å². The molecule has 2 saturated heterocycles. The molecule has 2 fully saturated rings. The van der Waals surface area contributed by atoms with Gasteiger partial charge in [0.2, 0.25) is 0 Å². The summed E-state index contributed by atoms with van der Waals surface area (Å²) in [4.78, 5) is 9.55. The molecule has 0 spiro atoms. The van der Waals surface area contributed by atoms with Crippen molar-refractivity contribution >= 4 is 29.9 Å². The Labute approximate surface area is 182 Å². The summed E-state index contributed by atoms with van der Waals surface area (Å²) in [5.74, 6) is 0.945. The maximum atomic E-state index is 4.43. The number of nitrogens with zero attached hydrogens (tertiary/aromatic N) is 3. The highest BCUT2D eigenvalue weighted by molar-refractivity contribution is 14.0. The summed E-state index contributed by atoms with van der Waals surface area (Å²) >= 11 is 0. The second-order valence-electron chi connectivity index (χ2n) is 7.74. The van der Waals surface area contributed by atoms with Crippen molar-refractivity contribution in [3.05, 3.63) is 35.9 Å². The van der Waals surface area contributed by atoms with E-state index in [1.54, 1.807) is 0 Å². The van der Waals surface area contributed by atoms with Gasteiger partial charge in [0, 0.05) is 45.3 Å². The summed E-state index contributed by atoms with van der Waals surface area (Å²) in [5, 5.41) is 7.13. The van der Waals surface area contributed by atoms with Crippen molar-refractivity contribution in [2.75, 3.05) is 39.8 Å². The molecule has 2 aliphatic heterocycles. The molecule has 0 bridgehead atoms. The van der Waals surface area contributed by atoms with Crippen LogP contribution in [0.1, 0.15) is 38.2 Å². The van der Waals surface area contributed by atoms with E-state index < -0.39 is 0 Å². The van der Waals surface area contributed by atoms with Crippen molar-refractivity contribution in [3.8, 4) is 0 Å². The van der Waals surface area contributed by atoms with Gasteiger partial charge in [-0.25, -0.2) is 0 Å². The molecule has 6 heteroatoms. The molecule has 0 aliphatic carbocycles. The average Bonchev–Trinajstić information content (AvgIpc) is 3.01. The van der Waals surface area contributed by atoms with Crippen LogP contribution in [0.25, 0.3) is 0 Å². The van der Waals surface area contributed by atoms with Gasteiger partial charge in [-0.05, 0) is 44.8 Å². The Hall–Kier alpha value is -0.860. The van der Waals surface area contributed by atoms with Gasteiger partial charge >= 0.3 is 0 Å². The summed E-state index contributed by atoms with van der Waals surface area (Å²) in [6.45, 7) is 9.02. The number of aliphatic imine (C=N–C) groups is 1. The van der Waals surface area contributed by atoms with Crippen LogP contribution in [0, 0.1) is 0 Å². The number of hydrogen-bond donors (Lipinski definition) is 2. The lowest BCUT2D eigenvalue weighted by molar-refractivity contribution is 0.232. The third kappa shape index (κ3) is 7.23. The first-order chi connectivity index (χ1) is 12.7. The molecule has 1 aromatic carbocycles. The summed E-state index contributed by atoms with van der Waals surface area (Å²) in [6, 6.07) is 11.8. The van der Waals surface area contributed by atoms with E-state index in [1.165, 1.54) is 44.3 Å². The molecule has 2 atom stereocenters. The van der Waals surface area contributed by atoms with E-state index in [0.29, 0.717) is 12.1 Å². The standard InChI is InChI=1S/C21H35N5.HI/c1-18-15-20(17-26(18)16-19-9-5-3-6-10-19)24-21(22-2)23-11-14-25-12-7-4-8-13-25;/h3,5-6,9-10,18,20H,4,7-8,11-17H2,1-2H3,(H2,22,23,24);1H. The van der Waals surface area contributed by atoms with Crippen LogP contribution in [0.15, 0.2) is 35.3 Å². The quantitative estimate of drug-likeness (QED) is 0.370. The van der Waals surface area contributed by atoms with Crippen molar-refractivity contribution in [2.45, 2.75) is 51.2 Å². The number of piperidine rings is 1. The Morgan fingerprint density at radius 1 is 1.15 bits per heavy atom. The van der Waals surface area contributed by atoms with Gasteiger partial charge in [-0.3, -0.25) is 9.89 Å². The number of hydrogen-bond acceptors (Lipinski definition) is 3. The smallest absolute Gasteiger partial charge is 0.191 e. The molecule has 0 radical (unpaired) electrons. The van der Waals surface area contributed by atoms with Gasteiger partial charge < -0.3 is 15.5 Å². The molecular formula is C21H36IN5. The van der Waals surface area contributed by atoms with E-state index in [0.717, 1.165) is 32.1 Å². The van der Waals surface area contributed by atoms with Crippen LogP contribution < -0.4 is 10.6 Å². The zero-order chi connectivity index (χ0) is 18.2. The molecule has 2 aliphatic rings. The van der Waals surface area contributed by atoms with E-state index in [2.05, 4.69) is 62.7 Å². The topological polar surface area (TPSA) is 42.9 Å². The summed E-state index contributed by atoms with van der Waals surface area (Å²) in [7, 11) is 1.87. The second kappa shape index (κ2) is 11.9. The van der Waals surface area contributed by atoms with Gasteiger partial charge in [-0.2, -0.15) is 0 Å². The van der Waals surface area contributed by atoms with E-state index in [1.807, 2.05) is 7.05 Å². The molecule has 0 aromatic heterocycles. The molecular weight excluding hydrogens is 449 g/mol. The molecule has 5 nitrogen and oxygen atoms in total. The monoisotopic (exact) mass is 485 g/mol. The van der Waals surface area contributed by atoms with Gasteiger partial charge in [0.15, 0.2) is 5.96 Å². The first kappa shape index (κ1) is 22.4. The summed E-state index contributed by atoms with van der Waals surface area (Å²) < 4.78 is 0. The Bertz CT molecular complexity index is 559. The predicted molar refractivity (Wildman–Crippen MR) is 125 cm³/mol. The van der Waals surface area contributed by atoms with Crippen molar-refractivity contribution in [1.29, 1.82) is 0 Å². The third-order valence-electron chi connectivity index (χ3n) is 5.67. The fraction of sp³-hybridized carbons (Fsp3) is 0.667. The lowest BCUT2D eigenvalue weighted by atomic mass is 10.1. The SMILES string of the molecule is CN=C(NCCN1CCCCC1)NC1CC(C)N(Cc2ccccc2)C1.I. The number of likely N-dealkylation sites (tertiary alicyclic amines) is 2. The molecule has 152 valence electrons. The van der Waals surface area contributed by atoms with Crippen LogP contribution in [0.2, 0.25) is 0 Å². The third-order valence-corrected chi connectivity index (χ3v) is 5.67. The second-order valence-corrected chi connectivity index (χ2v) is 7.74. The van der Waals surface area contributed by atoms with Crippen LogP contribution in [0.3, 0.4) is 0 Å². The molecule has 3 rings (SSSR count). The number of halogens is 1. The largest absolute Gasteiger partial charge is 0.355 e. The summed E-state index contributed by atoms with van der Waals surface area (Å²) in [5.41, 5.74) is 1.39. The fourth-order valence-electron chi connectivity index (χ4n) is 4.14. The van der Waals surface area contributed by atoms with Gasteiger partial charge in [-0.1, -0.05) is 36.8 Å². The van der Waals surface area contributed by atoms with Gasteiger partial charge in [-0.15, -0.1) is 24.0 Å². The molecule has 2 heterocycles. The highest BCUT2D eigenvalue weighted by Crippen LogP contribution is 2.20. The van der Waals surface area contributed by atoms with Crippen molar-refractivity contribution in [3.63, 3.8) is 0 Å². The average molecular weight is 485 g/mol.